The summed E-state index contributed by atoms with van der Waals surface area (Å²) in [6, 6.07) is 0. The Bertz CT molecular complexity index is 332. The molecule has 0 spiro atoms. The summed E-state index contributed by atoms with van der Waals surface area (Å²) in [4.78, 5) is 0. The summed E-state index contributed by atoms with van der Waals surface area (Å²) in [5.74, 6) is 0.938. The first kappa shape index (κ1) is 12.4. The van der Waals surface area contributed by atoms with Crippen LogP contribution in [0.5, 0.6) is 0 Å². The van der Waals surface area contributed by atoms with Crippen LogP contribution in [0.1, 0.15) is 32.0 Å². The molecule has 15 heavy (non-hydrogen) atoms. The van der Waals surface area contributed by atoms with E-state index in [-0.39, 0.29) is 0 Å². The molecule has 0 fully saturated rings. The summed E-state index contributed by atoms with van der Waals surface area (Å²) in [5, 5.41) is 6.82. The van der Waals surface area contributed by atoms with Crippen molar-refractivity contribution in [1.82, 2.24) is 14.8 Å². The maximum absolute atomic E-state index is 5.47. The van der Waals surface area contributed by atoms with Gasteiger partial charge in [-0.3, -0.25) is 5.10 Å². The van der Waals surface area contributed by atoms with E-state index in [1.165, 1.54) is 6.42 Å². The van der Waals surface area contributed by atoms with Gasteiger partial charge in [-0.1, -0.05) is 13.3 Å². The third-order valence-electron chi connectivity index (χ3n) is 2.26. The van der Waals surface area contributed by atoms with Crippen molar-refractivity contribution < 1.29 is 4.74 Å². The van der Waals surface area contributed by atoms with Gasteiger partial charge >= 0.3 is 0 Å². The van der Waals surface area contributed by atoms with Gasteiger partial charge in [0.05, 0.1) is 0 Å². The molecule has 0 aliphatic rings. The molecule has 0 saturated carbocycles. The Kier molecular flexibility index (Phi) is 5.57. The Morgan fingerprint density at radius 2 is 2.13 bits per heavy atom. The van der Waals surface area contributed by atoms with Crippen molar-refractivity contribution in [2.24, 2.45) is 0 Å². The zero-order chi connectivity index (χ0) is 11.1. The Morgan fingerprint density at radius 1 is 1.40 bits per heavy atom. The van der Waals surface area contributed by atoms with Gasteiger partial charge in [0.15, 0.2) is 4.77 Å². The SMILES string of the molecule is CCCCOCCCn1c(C)n[nH]c1=S. The van der Waals surface area contributed by atoms with E-state index in [2.05, 4.69) is 17.1 Å². The molecule has 1 rings (SSSR count). The molecule has 5 heteroatoms. The summed E-state index contributed by atoms with van der Waals surface area (Å²) < 4.78 is 8.17. The van der Waals surface area contributed by atoms with Gasteiger partial charge in [-0.05, 0) is 32.0 Å². The van der Waals surface area contributed by atoms with Crippen molar-refractivity contribution in [3.8, 4) is 0 Å². The van der Waals surface area contributed by atoms with Crippen molar-refractivity contribution >= 4 is 12.2 Å². The number of hydrogen-bond donors (Lipinski definition) is 1. The molecule has 0 unspecified atom stereocenters. The number of hydrogen-bond acceptors (Lipinski definition) is 3. The molecule has 1 heterocycles. The smallest absolute Gasteiger partial charge is 0.195 e. The maximum Gasteiger partial charge on any atom is 0.195 e. The standard InChI is InChI=1S/C10H19N3OS/c1-3-4-7-14-8-5-6-13-9(2)11-12-10(13)15/h3-8H2,1-2H3,(H,12,15). The molecule has 86 valence electrons. The van der Waals surface area contributed by atoms with E-state index >= 15 is 0 Å². The third kappa shape index (κ3) is 4.13. The van der Waals surface area contributed by atoms with Crippen LogP contribution >= 0.6 is 12.2 Å². The average molecular weight is 229 g/mol. The van der Waals surface area contributed by atoms with Gasteiger partial charge < -0.3 is 9.30 Å². The largest absolute Gasteiger partial charge is 0.381 e. The second-order valence-electron chi connectivity index (χ2n) is 3.55. The maximum atomic E-state index is 5.47. The summed E-state index contributed by atoms with van der Waals surface area (Å²) in [6.45, 7) is 6.66. The number of nitrogens with one attached hydrogen (secondary N) is 1. The van der Waals surface area contributed by atoms with E-state index in [0.29, 0.717) is 4.77 Å². The quantitative estimate of drug-likeness (QED) is 0.577. The molecule has 0 amide bonds. The normalized spacial score (nSPS) is 10.8. The Labute approximate surface area is 95.7 Å². The van der Waals surface area contributed by atoms with E-state index in [0.717, 1.165) is 38.4 Å². The van der Waals surface area contributed by atoms with Gasteiger partial charge in [-0.15, -0.1) is 0 Å². The average Bonchev–Trinajstić information content (AvgIpc) is 2.54. The number of ether oxygens (including phenoxy) is 1. The molecule has 0 saturated heterocycles. The number of aryl methyl sites for hydroxylation is 1. The molecular formula is C10H19N3OS. The van der Waals surface area contributed by atoms with Gasteiger partial charge in [-0.25, -0.2) is 0 Å². The van der Waals surface area contributed by atoms with E-state index in [1.807, 2.05) is 11.5 Å². The van der Waals surface area contributed by atoms with Crippen LogP contribution in [-0.4, -0.2) is 28.0 Å². The molecular weight excluding hydrogens is 210 g/mol. The van der Waals surface area contributed by atoms with Crippen LogP contribution in [0.3, 0.4) is 0 Å². The highest BCUT2D eigenvalue weighted by Crippen LogP contribution is 1.98. The molecule has 0 radical (unpaired) electrons. The zero-order valence-electron chi connectivity index (χ0n) is 9.45. The van der Waals surface area contributed by atoms with Crippen LogP contribution in [0.15, 0.2) is 0 Å². The first-order valence-corrected chi connectivity index (χ1v) is 5.86. The summed E-state index contributed by atoms with van der Waals surface area (Å²) in [7, 11) is 0. The van der Waals surface area contributed by atoms with E-state index in [9.17, 15) is 0 Å². The lowest BCUT2D eigenvalue weighted by Crippen LogP contribution is -2.05. The van der Waals surface area contributed by atoms with Gasteiger partial charge in [0, 0.05) is 19.8 Å². The Balaban J connectivity index is 2.18. The number of nitrogens with zero attached hydrogens (tertiary/aromatic N) is 2. The Morgan fingerprint density at radius 3 is 2.73 bits per heavy atom. The lowest BCUT2D eigenvalue weighted by Gasteiger charge is -2.05. The van der Waals surface area contributed by atoms with Crippen molar-refractivity contribution in [3.05, 3.63) is 10.6 Å². The molecule has 1 aromatic rings. The minimum absolute atomic E-state index is 0.695. The first-order chi connectivity index (χ1) is 7.25. The van der Waals surface area contributed by atoms with Crippen molar-refractivity contribution in [2.45, 2.75) is 39.7 Å². The van der Waals surface area contributed by atoms with Crippen LogP contribution in [-0.2, 0) is 11.3 Å². The molecule has 1 aromatic heterocycles. The first-order valence-electron chi connectivity index (χ1n) is 5.45. The molecule has 1 N–H and O–H groups in total. The van der Waals surface area contributed by atoms with Crippen molar-refractivity contribution in [1.29, 1.82) is 0 Å². The van der Waals surface area contributed by atoms with E-state index < -0.39 is 0 Å². The number of H-pyrrole nitrogens is 1. The second kappa shape index (κ2) is 6.74. The highest BCUT2D eigenvalue weighted by Gasteiger charge is 1.99. The number of aromatic amines is 1. The highest BCUT2D eigenvalue weighted by molar-refractivity contribution is 7.71. The fraction of sp³-hybridized carbons (Fsp3) is 0.800. The monoisotopic (exact) mass is 229 g/mol. The van der Waals surface area contributed by atoms with Crippen LogP contribution in [0.4, 0.5) is 0 Å². The van der Waals surface area contributed by atoms with Crippen molar-refractivity contribution in [2.75, 3.05) is 13.2 Å². The minimum atomic E-state index is 0.695. The Hall–Kier alpha value is -0.680. The second-order valence-corrected chi connectivity index (χ2v) is 3.93. The topological polar surface area (TPSA) is 42.8 Å². The molecule has 0 atom stereocenters. The summed E-state index contributed by atoms with van der Waals surface area (Å²) >= 11 is 5.10. The van der Waals surface area contributed by atoms with Crippen LogP contribution in [0.2, 0.25) is 0 Å². The number of aromatic nitrogens is 3. The molecule has 0 bridgehead atoms. The van der Waals surface area contributed by atoms with Crippen LogP contribution < -0.4 is 0 Å². The fourth-order valence-electron chi connectivity index (χ4n) is 1.33. The van der Waals surface area contributed by atoms with Gasteiger partial charge in [0.2, 0.25) is 0 Å². The summed E-state index contributed by atoms with van der Waals surface area (Å²) in [5.41, 5.74) is 0. The predicted octanol–water partition coefficient (Wildman–Crippen LogP) is 2.46. The lowest BCUT2D eigenvalue weighted by atomic mass is 10.3. The lowest BCUT2D eigenvalue weighted by molar-refractivity contribution is 0.126. The third-order valence-corrected chi connectivity index (χ3v) is 2.57. The van der Waals surface area contributed by atoms with Crippen LogP contribution in [0.25, 0.3) is 0 Å². The number of rotatable bonds is 7. The number of unbranched alkanes of at least 4 members (excludes halogenated alkanes) is 1. The zero-order valence-corrected chi connectivity index (χ0v) is 10.3. The molecule has 0 aliphatic heterocycles. The van der Waals surface area contributed by atoms with Crippen molar-refractivity contribution in [3.63, 3.8) is 0 Å². The van der Waals surface area contributed by atoms with E-state index in [4.69, 9.17) is 17.0 Å². The minimum Gasteiger partial charge on any atom is -0.381 e. The highest BCUT2D eigenvalue weighted by atomic mass is 32.1. The molecule has 0 aromatic carbocycles. The van der Waals surface area contributed by atoms with E-state index in [1.54, 1.807) is 0 Å². The summed E-state index contributed by atoms with van der Waals surface area (Å²) in [6.07, 6.45) is 3.31. The van der Waals surface area contributed by atoms with Gasteiger partial charge in [0.25, 0.3) is 0 Å². The molecule has 0 aliphatic carbocycles. The van der Waals surface area contributed by atoms with Crippen LogP contribution in [0, 0.1) is 11.7 Å². The van der Waals surface area contributed by atoms with Gasteiger partial charge in [-0.2, -0.15) is 5.10 Å². The van der Waals surface area contributed by atoms with Gasteiger partial charge in [0.1, 0.15) is 5.82 Å². The fourth-order valence-corrected chi connectivity index (χ4v) is 1.60. The molecule has 4 nitrogen and oxygen atoms in total. The predicted molar refractivity (Wildman–Crippen MR) is 62.5 cm³/mol.